The van der Waals surface area contributed by atoms with Gasteiger partial charge >= 0.3 is 5.97 Å². The van der Waals surface area contributed by atoms with E-state index >= 15 is 0 Å². The van der Waals surface area contributed by atoms with Crippen LogP contribution < -0.4 is 10.5 Å². The molecule has 0 atom stereocenters. The summed E-state index contributed by atoms with van der Waals surface area (Å²) >= 11 is 7.35. The van der Waals surface area contributed by atoms with E-state index in [9.17, 15) is 9.90 Å². The second kappa shape index (κ2) is 11.5. The largest absolute Gasteiger partial charge is 0.497 e. The Kier molecular flexibility index (Phi) is 8.35. The van der Waals surface area contributed by atoms with E-state index in [-0.39, 0.29) is 12.2 Å². The van der Waals surface area contributed by atoms with E-state index < -0.39 is 5.97 Å². The summed E-state index contributed by atoms with van der Waals surface area (Å²) in [5, 5.41) is 14.4. The lowest BCUT2D eigenvalue weighted by Crippen LogP contribution is -2.42. The fourth-order valence-electron chi connectivity index (χ4n) is 4.27. The molecule has 1 fully saturated rings. The first-order valence-electron chi connectivity index (χ1n) is 11.9. The van der Waals surface area contributed by atoms with E-state index in [2.05, 4.69) is 23.9 Å². The third-order valence-corrected chi connectivity index (χ3v) is 7.57. The van der Waals surface area contributed by atoms with E-state index in [0.29, 0.717) is 33.6 Å². The number of nitrogens with two attached hydrogens (primary N) is 1. The van der Waals surface area contributed by atoms with Gasteiger partial charge in [-0.3, -0.25) is 0 Å². The molecule has 8 nitrogen and oxygen atoms in total. The zero-order valence-electron chi connectivity index (χ0n) is 20.6. The second-order valence-electron chi connectivity index (χ2n) is 9.10. The average molecular weight is 531 g/mol. The molecular formula is C26H31ClN4O4S. The first kappa shape index (κ1) is 26.2. The van der Waals surface area contributed by atoms with E-state index in [1.165, 1.54) is 37.3 Å². The number of ether oxygens (including phenoxy) is 1. The Morgan fingerprint density at radius 2 is 2.00 bits per heavy atom. The zero-order valence-corrected chi connectivity index (χ0v) is 22.2. The van der Waals surface area contributed by atoms with Crippen LogP contribution >= 0.6 is 22.9 Å². The van der Waals surface area contributed by atoms with Gasteiger partial charge in [0.25, 0.3) is 0 Å². The van der Waals surface area contributed by atoms with Crippen LogP contribution in [-0.2, 0) is 6.54 Å². The molecule has 5 rings (SSSR count). The molecule has 4 heterocycles. The quantitative estimate of drug-likeness (QED) is 0.335. The SMILES string of the molecule is CC(C)N1CCC(N)CC1.COc1ccc2c(c1)cc(C(=O)O)n2Cc1cc(-c2ccc(Cl)s2)on1. The Balaban J connectivity index is 0.000000256. The van der Waals surface area contributed by atoms with Gasteiger partial charge in [0.2, 0.25) is 0 Å². The number of methoxy groups -OCH3 is 1. The molecule has 10 heteroatoms. The number of hydrogen-bond donors (Lipinski definition) is 2. The Morgan fingerprint density at radius 1 is 1.25 bits per heavy atom. The predicted molar refractivity (Wildman–Crippen MR) is 143 cm³/mol. The summed E-state index contributed by atoms with van der Waals surface area (Å²) in [5.74, 6) is 0.269. The van der Waals surface area contributed by atoms with Gasteiger partial charge in [-0.2, -0.15) is 0 Å². The molecule has 0 bridgehead atoms. The highest BCUT2D eigenvalue weighted by Gasteiger charge is 2.18. The minimum atomic E-state index is -1.01. The molecule has 0 amide bonds. The molecule has 1 aromatic carbocycles. The maximum Gasteiger partial charge on any atom is 0.352 e. The van der Waals surface area contributed by atoms with Crippen molar-refractivity contribution < 1.29 is 19.2 Å². The molecule has 3 N–H and O–H groups in total. The fraction of sp³-hybridized carbons (Fsp3) is 0.385. The second-order valence-corrected chi connectivity index (χ2v) is 10.8. The average Bonchev–Trinajstić information content (AvgIpc) is 3.58. The molecule has 0 spiro atoms. The molecule has 36 heavy (non-hydrogen) atoms. The zero-order chi connectivity index (χ0) is 25.8. The van der Waals surface area contributed by atoms with Crippen LogP contribution in [0.3, 0.4) is 0 Å². The molecule has 0 saturated carbocycles. The Labute approximate surface area is 219 Å². The van der Waals surface area contributed by atoms with Gasteiger partial charge in [0, 0.05) is 29.1 Å². The number of rotatable bonds is 6. The highest BCUT2D eigenvalue weighted by Crippen LogP contribution is 2.32. The molecule has 192 valence electrons. The monoisotopic (exact) mass is 530 g/mol. The lowest BCUT2D eigenvalue weighted by molar-refractivity contribution is 0.0686. The minimum Gasteiger partial charge on any atom is -0.497 e. The number of carboxylic acid groups (broad SMARTS) is 1. The van der Waals surface area contributed by atoms with Gasteiger partial charge in [0.1, 0.15) is 17.1 Å². The highest BCUT2D eigenvalue weighted by atomic mass is 35.5. The summed E-state index contributed by atoms with van der Waals surface area (Å²) in [6.45, 7) is 7.16. The van der Waals surface area contributed by atoms with Crippen molar-refractivity contribution in [3.63, 3.8) is 0 Å². The lowest BCUT2D eigenvalue weighted by Gasteiger charge is -2.32. The minimum absolute atomic E-state index is 0.178. The first-order valence-corrected chi connectivity index (χ1v) is 13.1. The molecule has 3 aromatic heterocycles. The van der Waals surface area contributed by atoms with E-state index in [1.54, 1.807) is 42.0 Å². The number of benzene rings is 1. The third-order valence-electron chi connectivity index (χ3n) is 6.33. The topological polar surface area (TPSA) is 107 Å². The fourth-order valence-corrected chi connectivity index (χ4v) is 5.26. The van der Waals surface area contributed by atoms with Crippen LogP contribution in [0.25, 0.3) is 21.5 Å². The maximum absolute atomic E-state index is 11.7. The van der Waals surface area contributed by atoms with Crippen molar-refractivity contribution in [2.75, 3.05) is 20.2 Å². The van der Waals surface area contributed by atoms with Gasteiger partial charge in [0.05, 0.1) is 22.9 Å². The number of aromatic carboxylic acids is 1. The molecule has 1 aliphatic heterocycles. The normalized spacial score (nSPS) is 14.7. The van der Waals surface area contributed by atoms with Crippen molar-refractivity contribution in [3.05, 3.63) is 58.2 Å². The molecule has 0 radical (unpaired) electrons. The van der Waals surface area contributed by atoms with E-state index in [1.807, 2.05) is 12.1 Å². The van der Waals surface area contributed by atoms with Crippen molar-refractivity contribution in [2.45, 2.75) is 45.3 Å². The van der Waals surface area contributed by atoms with Crippen LogP contribution in [0.15, 0.2) is 47.0 Å². The summed E-state index contributed by atoms with van der Waals surface area (Å²) in [6, 6.07) is 13.7. The van der Waals surface area contributed by atoms with Crippen molar-refractivity contribution in [1.29, 1.82) is 0 Å². The molecule has 1 aliphatic rings. The van der Waals surface area contributed by atoms with Crippen molar-refractivity contribution in [1.82, 2.24) is 14.6 Å². The summed E-state index contributed by atoms with van der Waals surface area (Å²) in [5.41, 5.74) is 7.36. The highest BCUT2D eigenvalue weighted by molar-refractivity contribution is 7.19. The number of thiophene rings is 1. The Bertz CT molecular complexity index is 1320. The van der Waals surface area contributed by atoms with Crippen molar-refractivity contribution in [3.8, 4) is 16.4 Å². The molecule has 0 aliphatic carbocycles. The van der Waals surface area contributed by atoms with Crippen LogP contribution in [0.5, 0.6) is 5.75 Å². The van der Waals surface area contributed by atoms with Gasteiger partial charge in [0.15, 0.2) is 5.76 Å². The van der Waals surface area contributed by atoms with Crippen molar-refractivity contribution in [2.24, 2.45) is 5.73 Å². The summed E-state index contributed by atoms with van der Waals surface area (Å²) in [6.07, 6.45) is 2.36. The summed E-state index contributed by atoms with van der Waals surface area (Å²) in [4.78, 5) is 15.0. The first-order chi connectivity index (χ1) is 17.2. The standard InChI is InChI=1S/C18H13ClN2O4S.C8H18N2/c1-24-12-2-3-13-10(6-12)7-14(18(22)23)21(13)9-11-8-15(25-20-11)16-4-5-17(19)26-16;1-7(2)10-5-3-8(9)4-6-10/h2-8H,9H2,1H3,(H,22,23);7-8H,3-6,9H2,1-2H3. The van der Waals surface area contributed by atoms with E-state index in [0.717, 1.165) is 15.8 Å². The predicted octanol–water partition coefficient (Wildman–Crippen LogP) is 5.58. The van der Waals surface area contributed by atoms with E-state index in [4.69, 9.17) is 26.6 Å². The summed E-state index contributed by atoms with van der Waals surface area (Å²) < 4.78 is 13.0. The Hall–Kier alpha value is -2.85. The van der Waals surface area contributed by atoms with Crippen molar-refractivity contribution >= 4 is 39.8 Å². The molecule has 1 saturated heterocycles. The van der Waals surface area contributed by atoms with Crippen LogP contribution in [0, 0.1) is 0 Å². The number of carbonyl (C=O) groups is 1. The maximum atomic E-state index is 11.7. The van der Waals surface area contributed by atoms with Gasteiger partial charge < -0.3 is 29.6 Å². The number of piperidine rings is 1. The van der Waals surface area contributed by atoms with Gasteiger partial charge in [-0.15, -0.1) is 11.3 Å². The lowest BCUT2D eigenvalue weighted by atomic mass is 10.1. The van der Waals surface area contributed by atoms with Crippen LogP contribution in [0.1, 0.15) is 42.9 Å². The number of fused-ring (bicyclic) bond motifs is 1. The van der Waals surface area contributed by atoms with Crippen LogP contribution in [0.4, 0.5) is 0 Å². The molecule has 4 aromatic rings. The Morgan fingerprint density at radius 3 is 2.61 bits per heavy atom. The number of aromatic nitrogens is 2. The molecule has 0 unspecified atom stereocenters. The third kappa shape index (κ3) is 6.10. The number of nitrogens with zero attached hydrogens (tertiary/aromatic N) is 3. The van der Waals surface area contributed by atoms with Crippen LogP contribution in [0.2, 0.25) is 4.34 Å². The van der Waals surface area contributed by atoms with Gasteiger partial charge in [-0.1, -0.05) is 16.8 Å². The van der Waals surface area contributed by atoms with Gasteiger partial charge in [-0.05, 0) is 76.2 Å². The smallest absolute Gasteiger partial charge is 0.352 e. The number of halogens is 1. The molecular weight excluding hydrogens is 500 g/mol. The number of carboxylic acids is 1. The summed E-state index contributed by atoms with van der Waals surface area (Å²) in [7, 11) is 1.57. The van der Waals surface area contributed by atoms with Crippen LogP contribution in [-0.4, -0.2) is 58.0 Å². The number of likely N-dealkylation sites (tertiary alicyclic amines) is 1. The van der Waals surface area contributed by atoms with Gasteiger partial charge in [-0.25, -0.2) is 4.79 Å². The number of hydrogen-bond acceptors (Lipinski definition) is 7.